The summed E-state index contributed by atoms with van der Waals surface area (Å²) in [4.78, 5) is 12.3. The van der Waals surface area contributed by atoms with E-state index in [-0.39, 0.29) is 0 Å². The number of hydrogen-bond donors (Lipinski definition) is 1. The van der Waals surface area contributed by atoms with Crippen molar-refractivity contribution < 1.29 is 19.4 Å². The molecule has 1 aliphatic heterocycles. The molecule has 4 heteroatoms. The van der Waals surface area contributed by atoms with Gasteiger partial charge >= 0.3 is 5.97 Å². The second-order valence-electron chi connectivity index (χ2n) is 5.06. The summed E-state index contributed by atoms with van der Waals surface area (Å²) < 4.78 is 10.6. The van der Waals surface area contributed by atoms with Gasteiger partial charge in [0, 0.05) is 5.56 Å². The van der Waals surface area contributed by atoms with E-state index in [1.54, 1.807) is 36.4 Å². The molecule has 2 atom stereocenters. The molecule has 1 aliphatic rings. The van der Waals surface area contributed by atoms with Crippen LogP contribution < -0.4 is 4.74 Å². The Morgan fingerprint density at radius 2 is 1.82 bits per heavy atom. The fourth-order valence-corrected chi connectivity index (χ4v) is 2.56. The van der Waals surface area contributed by atoms with E-state index in [0.717, 1.165) is 5.56 Å². The number of aliphatic hydroxyl groups is 1. The zero-order valence-electron chi connectivity index (χ0n) is 12.1. The first kappa shape index (κ1) is 14.4. The topological polar surface area (TPSA) is 55.8 Å². The highest BCUT2D eigenvalue weighted by atomic mass is 16.6. The molecule has 1 heterocycles. The Morgan fingerprint density at radius 1 is 1.14 bits per heavy atom. The molecule has 0 aromatic heterocycles. The number of rotatable bonds is 3. The number of carbonyl (C=O) groups excluding carboxylic acids is 1. The van der Waals surface area contributed by atoms with E-state index in [0.29, 0.717) is 11.3 Å². The Hall–Kier alpha value is -2.59. The first-order chi connectivity index (χ1) is 10.7. The van der Waals surface area contributed by atoms with Crippen LogP contribution in [-0.2, 0) is 15.1 Å². The summed E-state index contributed by atoms with van der Waals surface area (Å²) in [6.45, 7) is 0. The molecule has 22 heavy (non-hydrogen) atoms. The van der Waals surface area contributed by atoms with Crippen LogP contribution in [0.2, 0.25) is 0 Å². The second-order valence-corrected chi connectivity index (χ2v) is 5.06. The van der Waals surface area contributed by atoms with Crippen LogP contribution in [0.15, 0.2) is 60.7 Å². The molecule has 2 aromatic carbocycles. The molecule has 4 nitrogen and oxygen atoms in total. The van der Waals surface area contributed by atoms with Gasteiger partial charge in [-0.1, -0.05) is 54.6 Å². The molecule has 112 valence electrons. The third-order valence-corrected chi connectivity index (χ3v) is 3.75. The summed E-state index contributed by atoms with van der Waals surface area (Å²) in [5, 5.41) is 11.1. The third-order valence-electron chi connectivity index (χ3n) is 3.75. The Labute approximate surface area is 128 Å². The highest BCUT2D eigenvalue weighted by Gasteiger charge is 2.48. The predicted molar refractivity (Wildman–Crippen MR) is 82.2 cm³/mol. The van der Waals surface area contributed by atoms with Crippen LogP contribution in [-0.4, -0.2) is 24.3 Å². The molecule has 0 radical (unpaired) electrons. The van der Waals surface area contributed by atoms with Crippen molar-refractivity contribution in [3.8, 4) is 5.75 Å². The van der Waals surface area contributed by atoms with Crippen LogP contribution in [0.4, 0.5) is 0 Å². The summed E-state index contributed by atoms with van der Waals surface area (Å²) in [5.74, 6) is -0.138. The first-order valence-corrected chi connectivity index (χ1v) is 6.96. The summed E-state index contributed by atoms with van der Waals surface area (Å²) in [7, 11) is 1.25. The normalized spacial score (nSPS) is 18.7. The van der Waals surface area contributed by atoms with Crippen molar-refractivity contribution in [3.05, 3.63) is 71.8 Å². The van der Waals surface area contributed by atoms with Crippen molar-refractivity contribution in [3.63, 3.8) is 0 Å². The Bertz CT molecular complexity index is 708. The Kier molecular flexibility index (Phi) is 3.69. The third kappa shape index (κ3) is 2.27. The Balaban J connectivity index is 2.04. The number of esters is 1. The van der Waals surface area contributed by atoms with Gasteiger partial charge in [-0.25, -0.2) is 4.79 Å². The fourth-order valence-electron chi connectivity index (χ4n) is 2.56. The van der Waals surface area contributed by atoms with Gasteiger partial charge in [0.15, 0.2) is 6.10 Å². The SMILES string of the molecule is COC(=O)C(O)(c1ccccc1)C1C=Cc2ccccc2O1. The van der Waals surface area contributed by atoms with Gasteiger partial charge in [-0.2, -0.15) is 0 Å². The number of ether oxygens (including phenoxy) is 2. The van der Waals surface area contributed by atoms with Crippen LogP contribution in [0.3, 0.4) is 0 Å². The smallest absolute Gasteiger partial charge is 0.346 e. The average Bonchev–Trinajstić information content (AvgIpc) is 2.60. The van der Waals surface area contributed by atoms with Gasteiger partial charge in [0.1, 0.15) is 5.75 Å². The van der Waals surface area contributed by atoms with Gasteiger partial charge in [-0.15, -0.1) is 0 Å². The maximum absolute atomic E-state index is 12.3. The van der Waals surface area contributed by atoms with Gasteiger partial charge in [0.2, 0.25) is 5.60 Å². The van der Waals surface area contributed by atoms with Crippen LogP contribution >= 0.6 is 0 Å². The minimum Gasteiger partial charge on any atom is -0.482 e. The number of benzene rings is 2. The first-order valence-electron chi connectivity index (χ1n) is 6.96. The van der Waals surface area contributed by atoms with Crippen LogP contribution in [0.25, 0.3) is 6.08 Å². The molecular weight excluding hydrogens is 280 g/mol. The zero-order valence-corrected chi connectivity index (χ0v) is 12.1. The number of para-hydroxylation sites is 1. The van der Waals surface area contributed by atoms with Gasteiger partial charge in [0.25, 0.3) is 0 Å². The maximum Gasteiger partial charge on any atom is 0.346 e. The molecule has 0 bridgehead atoms. The standard InChI is InChI=1S/C18H16O4/c1-21-17(19)18(20,14-8-3-2-4-9-14)16-12-11-13-7-5-6-10-15(13)22-16/h2-12,16,20H,1H3. The Morgan fingerprint density at radius 3 is 2.55 bits per heavy atom. The van der Waals surface area contributed by atoms with E-state index >= 15 is 0 Å². The summed E-state index contributed by atoms with van der Waals surface area (Å²) in [5.41, 5.74) is -0.574. The maximum atomic E-state index is 12.3. The quantitative estimate of drug-likeness (QED) is 0.884. The molecular formula is C18H16O4. The lowest BCUT2D eigenvalue weighted by Crippen LogP contribution is -2.49. The number of fused-ring (bicyclic) bond motifs is 1. The average molecular weight is 296 g/mol. The van der Waals surface area contributed by atoms with E-state index in [4.69, 9.17) is 9.47 Å². The lowest BCUT2D eigenvalue weighted by Gasteiger charge is -2.34. The van der Waals surface area contributed by atoms with Crippen molar-refractivity contribution in [2.24, 2.45) is 0 Å². The van der Waals surface area contributed by atoms with Crippen LogP contribution in [0.5, 0.6) is 5.75 Å². The summed E-state index contributed by atoms with van der Waals surface area (Å²) in [6, 6.07) is 16.1. The number of carbonyl (C=O) groups is 1. The summed E-state index contributed by atoms with van der Waals surface area (Å²) in [6.07, 6.45) is 2.64. The lowest BCUT2D eigenvalue weighted by atomic mass is 9.86. The molecule has 2 aromatic rings. The highest BCUT2D eigenvalue weighted by molar-refractivity contribution is 5.83. The molecule has 0 saturated heterocycles. The molecule has 2 unspecified atom stereocenters. The van der Waals surface area contributed by atoms with Crippen LogP contribution in [0.1, 0.15) is 11.1 Å². The lowest BCUT2D eigenvalue weighted by molar-refractivity contribution is -0.172. The molecule has 0 aliphatic carbocycles. The second kappa shape index (κ2) is 5.66. The van der Waals surface area contributed by atoms with E-state index in [2.05, 4.69) is 0 Å². The molecule has 0 amide bonds. The van der Waals surface area contributed by atoms with Gasteiger partial charge in [-0.05, 0) is 17.7 Å². The van der Waals surface area contributed by atoms with Crippen molar-refractivity contribution in [1.82, 2.24) is 0 Å². The monoisotopic (exact) mass is 296 g/mol. The largest absolute Gasteiger partial charge is 0.482 e. The van der Waals surface area contributed by atoms with Crippen molar-refractivity contribution in [2.75, 3.05) is 7.11 Å². The number of methoxy groups -OCH3 is 1. The molecule has 0 spiro atoms. The highest BCUT2D eigenvalue weighted by Crippen LogP contribution is 2.35. The van der Waals surface area contributed by atoms with E-state index in [1.165, 1.54) is 7.11 Å². The molecule has 3 rings (SSSR count). The molecule has 0 saturated carbocycles. The predicted octanol–water partition coefficient (Wildman–Crippen LogP) is 2.52. The van der Waals surface area contributed by atoms with Gasteiger partial charge in [0.05, 0.1) is 7.11 Å². The van der Waals surface area contributed by atoms with Crippen molar-refractivity contribution in [1.29, 1.82) is 0 Å². The molecule has 0 fully saturated rings. The number of hydrogen-bond acceptors (Lipinski definition) is 4. The van der Waals surface area contributed by atoms with E-state index in [9.17, 15) is 9.90 Å². The van der Waals surface area contributed by atoms with E-state index < -0.39 is 17.7 Å². The van der Waals surface area contributed by atoms with E-state index in [1.807, 2.05) is 30.3 Å². The van der Waals surface area contributed by atoms with Gasteiger partial charge in [-0.3, -0.25) is 0 Å². The fraction of sp³-hybridized carbons (Fsp3) is 0.167. The summed E-state index contributed by atoms with van der Waals surface area (Å²) >= 11 is 0. The van der Waals surface area contributed by atoms with Crippen molar-refractivity contribution in [2.45, 2.75) is 11.7 Å². The van der Waals surface area contributed by atoms with Crippen molar-refractivity contribution >= 4 is 12.0 Å². The molecule has 1 N–H and O–H groups in total. The van der Waals surface area contributed by atoms with Crippen LogP contribution in [0, 0.1) is 0 Å². The zero-order chi connectivity index (χ0) is 15.6. The minimum atomic E-state index is -1.90. The van der Waals surface area contributed by atoms with Gasteiger partial charge < -0.3 is 14.6 Å². The minimum absolute atomic E-state index is 0.427.